The highest BCUT2D eigenvalue weighted by Crippen LogP contribution is 2.29. The third-order valence-corrected chi connectivity index (χ3v) is 5.20. The molecule has 0 radical (unpaired) electrons. The molecule has 3 nitrogen and oxygen atoms in total. The van der Waals surface area contributed by atoms with Gasteiger partial charge in [-0.1, -0.05) is 84.9 Å². The summed E-state index contributed by atoms with van der Waals surface area (Å²) in [7, 11) is 1.39. The van der Waals surface area contributed by atoms with Crippen molar-refractivity contribution in [3.05, 3.63) is 119 Å². The van der Waals surface area contributed by atoms with Gasteiger partial charge in [-0.05, 0) is 46.5 Å². The lowest BCUT2D eigenvalue weighted by molar-refractivity contribution is 0.0600. The van der Waals surface area contributed by atoms with E-state index in [2.05, 4.69) is 60.7 Å². The van der Waals surface area contributed by atoms with Gasteiger partial charge in [0.2, 0.25) is 0 Å². The smallest absolute Gasteiger partial charge is 0.337 e. The van der Waals surface area contributed by atoms with Crippen LogP contribution < -0.4 is 4.74 Å². The van der Waals surface area contributed by atoms with Gasteiger partial charge in [0.25, 0.3) is 0 Å². The molecule has 0 aliphatic heterocycles. The third-order valence-electron chi connectivity index (χ3n) is 5.20. The van der Waals surface area contributed by atoms with Crippen LogP contribution in [0.1, 0.15) is 27.0 Å². The highest BCUT2D eigenvalue weighted by molar-refractivity contribution is 5.89. The van der Waals surface area contributed by atoms with E-state index in [9.17, 15) is 4.79 Å². The van der Waals surface area contributed by atoms with Gasteiger partial charge in [0, 0.05) is 5.56 Å². The largest absolute Gasteiger partial charge is 0.489 e. The van der Waals surface area contributed by atoms with E-state index in [1.807, 2.05) is 30.3 Å². The van der Waals surface area contributed by atoms with E-state index < -0.39 is 0 Å². The number of carbonyl (C=O) groups excluding carboxylic acids is 1. The molecule has 0 amide bonds. The SMILES string of the molecule is COC(=O)c1ccc(/C=C/Cc2c(OCc3ccccc3)ccc3ccccc23)cc1. The van der Waals surface area contributed by atoms with Gasteiger partial charge in [0.05, 0.1) is 12.7 Å². The zero-order chi connectivity index (χ0) is 21.5. The van der Waals surface area contributed by atoms with Crippen molar-refractivity contribution in [2.45, 2.75) is 13.0 Å². The molecule has 0 saturated carbocycles. The molecule has 0 aliphatic rings. The minimum Gasteiger partial charge on any atom is -0.489 e. The fraction of sp³-hybridized carbons (Fsp3) is 0.107. The Morgan fingerprint density at radius 2 is 1.58 bits per heavy atom. The summed E-state index contributed by atoms with van der Waals surface area (Å²) in [5, 5.41) is 2.39. The summed E-state index contributed by atoms with van der Waals surface area (Å²) in [6.07, 6.45) is 4.93. The first-order valence-electron chi connectivity index (χ1n) is 10.3. The Labute approximate surface area is 182 Å². The van der Waals surface area contributed by atoms with Crippen LogP contribution in [0.25, 0.3) is 16.8 Å². The molecule has 3 heteroatoms. The average Bonchev–Trinajstić information content (AvgIpc) is 2.84. The molecule has 0 fully saturated rings. The number of rotatable bonds is 7. The summed E-state index contributed by atoms with van der Waals surface area (Å²) in [6, 6.07) is 30.1. The number of methoxy groups -OCH3 is 1. The normalized spacial score (nSPS) is 11.0. The molecular formula is C28H24O3. The van der Waals surface area contributed by atoms with Gasteiger partial charge >= 0.3 is 5.97 Å². The number of fused-ring (bicyclic) bond motifs is 1. The highest BCUT2D eigenvalue weighted by atomic mass is 16.5. The Balaban J connectivity index is 1.56. The molecule has 0 N–H and O–H groups in total. The van der Waals surface area contributed by atoms with Crippen LogP contribution in [-0.4, -0.2) is 13.1 Å². The lowest BCUT2D eigenvalue weighted by Gasteiger charge is -2.13. The summed E-state index contributed by atoms with van der Waals surface area (Å²) in [6.45, 7) is 0.533. The van der Waals surface area contributed by atoms with Gasteiger partial charge < -0.3 is 9.47 Å². The van der Waals surface area contributed by atoms with Gasteiger partial charge in [-0.2, -0.15) is 0 Å². The molecule has 0 heterocycles. The van der Waals surface area contributed by atoms with Crippen LogP contribution >= 0.6 is 0 Å². The summed E-state index contributed by atoms with van der Waals surface area (Å²) in [5.74, 6) is 0.569. The van der Waals surface area contributed by atoms with Crippen molar-refractivity contribution in [2.75, 3.05) is 7.11 Å². The van der Waals surface area contributed by atoms with E-state index in [1.165, 1.54) is 17.9 Å². The minimum absolute atomic E-state index is 0.327. The van der Waals surface area contributed by atoms with E-state index in [1.54, 1.807) is 12.1 Å². The van der Waals surface area contributed by atoms with Gasteiger partial charge in [-0.15, -0.1) is 0 Å². The number of esters is 1. The summed E-state index contributed by atoms with van der Waals surface area (Å²) < 4.78 is 11.0. The molecular weight excluding hydrogens is 384 g/mol. The molecule has 0 aliphatic carbocycles. The number of hydrogen-bond acceptors (Lipinski definition) is 3. The Bertz CT molecular complexity index is 1190. The zero-order valence-corrected chi connectivity index (χ0v) is 17.5. The fourth-order valence-electron chi connectivity index (χ4n) is 3.56. The van der Waals surface area contributed by atoms with Crippen molar-refractivity contribution in [2.24, 2.45) is 0 Å². The minimum atomic E-state index is -0.327. The third kappa shape index (κ3) is 5.01. The molecule has 0 aromatic heterocycles. The van der Waals surface area contributed by atoms with Crippen LogP contribution in [-0.2, 0) is 17.8 Å². The maximum atomic E-state index is 11.6. The lowest BCUT2D eigenvalue weighted by Crippen LogP contribution is -2.00. The summed E-state index contributed by atoms with van der Waals surface area (Å²) in [5.41, 5.74) is 3.88. The molecule has 0 spiro atoms. The first-order chi connectivity index (χ1) is 15.2. The number of hydrogen-bond donors (Lipinski definition) is 0. The number of carbonyl (C=O) groups is 1. The van der Waals surface area contributed by atoms with E-state index in [0.29, 0.717) is 12.2 Å². The zero-order valence-electron chi connectivity index (χ0n) is 17.5. The Hall–Kier alpha value is -3.85. The number of ether oxygens (including phenoxy) is 2. The molecule has 154 valence electrons. The van der Waals surface area contributed by atoms with Gasteiger partial charge in [0.15, 0.2) is 0 Å². The summed E-state index contributed by atoms with van der Waals surface area (Å²) >= 11 is 0. The van der Waals surface area contributed by atoms with Crippen LogP contribution in [0, 0.1) is 0 Å². The van der Waals surface area contributed by atoms with Crippen LogP contribution in [0.4, 0.5) is 0 Å². The van der Waals surface area contributed by atoms with Gasteiger partial charge in [-0.25, -0.2) is 4.79 Å². The molecule has 31 heavy (non-hydrogen) atoms. The standard InChI is InChI=1S/C28H24O3/c1-30-28(29)24-16-14-21(15-17-24)10-7-13-26-25-12-6-5-11-23(25)18-19-27(26)31-20-22-8-3-2-4-9-22/h2-12,14-19H,13,20H2,1H3/b10-7+. The first kappa shape index (κ1) is 20.4. The van der Waals surface area contributed by atoms with Gasteiger partial charge in [0.1, 0.15) is 12.4 Å². The van der Waals surface area contributed by atoms with E-state index in [-0.39, 0.29) is 5.97 Å². The van der Waals surface area contributed by atoms with Crippen LogP contribution in [0.2, 0.25) is 0 Å². The second-order valence-electron chi connectivity index (χ2n) is 7.26. The van der Waals surface area contributed by atoms with E-state index in [4.69, 9.17) is 9.47 Å². The van der Waals surface area contributed by atoms with Crippen molar-refractivity contribution in [1.82, 2.24) is 0 Å². The Kier molecular flexibility index (Phi) is 6.44. The molecule has 0 unspecified atom stereocenters. The van der Waals surface area contributed by atoms with Crippen LogP contribution in [0.3, 0.4) is 0 Å². The monoisotopic (exact) mass is 408 g/mol. The van der Waals surface area contributed by atoms with Crippen molar-refractivity contribution >= 4 is 22.8 Å². The van der Waals surface area contributed by atoms with Crippen molar-refractivity contribution < 1.29 is 14.3 Å². The molecule has 0 saturated heterocycles. The second kappa shape index (κ2) is 9.77. The molecule has 4 rings (SSSR count). The molecule has 0 bridgehead atoms. The predicted molar refractivity (Wildman–Crippen MR) is 125 cm³/mol. The van der Waals surface area contributed by atoms with Gasteiger partial charge in [-0.3, -0.25) is 0 Å². The van der Waals surface area contributed by atoms with Crippen LogP contribution in [0.5, 0.6) is 5.75 Å². The van der Waals surface area contributed by atoms with Crippen molar-refractivity contribution in [3.8, 4) is 5.75 Å². The second-order valence-corrected chi connectivity index (χ2v) is 7.26. The van der Waals surface area contributed by atoms with E-state index >= 15 is 0 Å². The first-order valence-corrected chi connectivity index (χ1v) is 10.3. The summed E-state index contributed by atoms with van der Waals surface area (Å²) in [4.78, 5) is 11.6. The Morgan fingerprint density at radius 3 is 2.35 bits per heavy atom. The predicted octanol–water partition coefficient (Wildman–Crippen LogP) is 6.46. The highest BCUT2D eigenvalue weighted by Gasteiger charge is 2.08. The average molecular weight is 408 g/mol. The molecule has 4 aromatic carbocycles. The Morgan fingerprint density at radius 1 is 0.839 bits per heavy atom. The van der Waals surface area contributed by atoms with Crippen LogP contribution in [0.15, 0.2) is 97.1 Å². The molecule has 0 atom stereocenters. The number of allylic oxidation sites excluding steroid dienone is 1. The van der Waals surface area contributed by atoms with Crippen molar-refractivity contribution in [1.29, 1.82) is 0 Å². The van der Waals surface area contributed by atoms with Crippen molar-refractivity contribution in [3.63, 3.8) is 0 Å². The van der Waals surface area contributed by atoms with E-state index in [0.717, 1.165) is 28.9 Å². The quantitative estimate of drug-likeness (QED) is 0.329. The maximum absolute atomic E-state index is 11.6. The topological polar surface area (TPSA) is 35.5 Å². The number of benzene rings is 4. The maximum Gasteiger partial charge on any atom is 0.337 e. The lowest BCUT2D eigenvalue weighted by atomic mass is 10.00. The molecule has 4 aromatic rings. The fourth-order valence-corrected chi connectivity index (χ4v) is 3.56.